The average molecular weight is 739 g/mol. The number of aromatic nitrogens is 8. The van der Waals surface area contributed by atoms with E-state index in [1.54, 1.807) is 15.6 Å². The summed E-state index contributed by atoms with van der Waals surface area (Å²) in [5.41, 5.74) is 0.214. The molecular formula is C39H41F3N10O2. The Labute approximate surface area is 310 Å². The molecule has 280 valence electrons. The Balaban J connectivity index is 0.997. The van der Waals surface area contributed by atoms with Crippen LogP contribution in [0.1, 0.15) is 44.5 Å². The molecular weight excluding hydrogens is 697 g/mol. The van der Waals surface area contributed by atoms with Gasteiger partial charge in [0.25, 0.3) is 0 Å². The quantitative estimate of drug-likeness (QED) is 0.165. The third kappa shape index (κ3) is 6.98. The van der Waals surface area contributed by atoms with Gasteiger partial charge in [0, 0.05) is 49.3 Å². The fraction of sp³-hybridized carbons (Fsp3) is 0.333. The fourth-order valence-corrected chi connectivity index (χ4v) is 7.13. The Morgan fingerprint density at radius 2 is 1.46 bits per heavy atom. The number of hydrogen-bond donors (Lipinski definition) is 1. The third-order valence-corrected chi connectivity index (χ3v) is 10.2. The number of piperazine rings is 1. The second-order valence-corrected chi connectivity index (χ2v) is 13.9. The predicted octanol–water partition coefficient (Wildman–Crippen LogP) is 5.84. The Bertz CT molecular complexity index is 2220. The lowest BCUT2D eigenvalue weighted by Gasteiger charge is -2.37. The molecule has 0 amide bonds. The number of hydrogen-bond acceptors (Lipinski definition) is 9. The molecule has 7 rings (SSSR count). The lowest BCUT2D eigenvalue weighted by molar-refractivity contribution is -0.206. The van der Waals surface area contributed by atoms with Gasteiger partial charge in [0.15, 0.2) is 5.60 Å². The summed E-state index contributed by atoms with van der Waals surface area (Å²) in [4.78, 5) is 21.8. The van der Waals surface area contributed by atoms with E-state index in [0.29, 0.717) is 11.5 Å². The highest BCUT2D eigenvalue weighted by Crippen LogP contribution is 2.46. The molecule has 15 heteroatoms. The molecule has 1 N–H and O–H groups in total. The van der Waals surface area contributed by atoms with Crippen LogP contribution in [0.5, 0.6) is 0 Å². The highest BCUT2D eigenvalue weighted by atomic mass is 19.3. The number of alkyl halides is 2. The summed E-state index contributed by atoms with van der Waals surface area (Å²) < 4.78 is 50.6. The van der Waals surface area contributed by atoms with Crippen molar-refractivity contribution in [3.05, 3.63) is 131 Å². The first-order chi connectivity index (χ1) is 26.0. The van der Waals surface area contributed by atoms with E-state index in [0.717, 1.165) is 78.4 Å². The van der Waals surface area contributed by atoms with E-state index < -0.39 is 29.6 Å². The molecule has 3 aromatic heterocycles. The summed E-state index contributed by atoms with van der Waals surface area (Å²) in [5.74, 6) is -4.42. The van der Waals surface area contributed by atoms with Gasteiger partial charge in [-0.3, -0.25) is 4.98 Å². The molecule has 6 aromatic rings. The minimum absolute atomic E-state index is 0.0512. The van der Waals surface area contributed by atoms with Crippen molar-refractivity contribution in [3.8, 4) is 16.8 Å². The molecule has 1 aliphatic rings. The lowest BCUT2D eigenvalue weighted by atomic mass is 9.85. The second kappa shape index (κ2) is 14.9. The van der Waals surface area contributed by atoms with Crippen LogP contribution >= 0.6 is 0 Å². The molecule has 0 aliphatic carbocycles. The number of halogens is 3. The smallest absolute Gasteiger partial charge is 0.350 e. The zero-order valence-corrected chi connectivity index (χ0v) is 30.2. The topological polar surface area (TPSA) is 123 Å². The van der Waals surface area contributed by atoms with Gasteiger partial charge in [-0.25, -0.2) is 23.1 Å². The van der Waals surface area contributed by atoms with Gasteiger partial charge in [-0.05, 0) is 88.5 Å². The van der Waals surface area contributed by atoms with Crippen LogP contribution in [-0.4, -0.2) is 70.8 Å². The standard InChI is InChI=1S/C39H41F3N10O2/c1-4-35(27(2)3)52-37(53)51(26-45-52)34-15-13-33(14-16-34)49-20-18-48(19-21-49)32-11-8-28(9-12-32)29-10-17-36(43-23-29)39(41,42)38(54,24-50-25-44-46-47-50)30-6-5-7-31(40)22-30/h5-17,22-23,25-27,35,54H,4,18-21,24H2,1-3H3/t35-,38?/m0/s1. The van der Waals surface area contributed by atoms with Crippen molar-refractivity contribution in [2.24, 2.45) is 5.92 Å². The lowest BCUT2D eigenvalue weighted by Crippen LogP contribution is -2.47. The molecule has 1 aliphatic heterocycles. The van der Waals surface area contributed by atoms with Gasteiger partial charge < -0.3 is 14.9 Å². The van der Waals surface area contributed by atoms with Gasteiger partial charge >= 0.3 is 11.6 Å². The van der Waals surface area contributed by atoms with Gasteiger partial charge in [0.2, 0.25) is 0 Å². The minimum atomic E-state index is -3.95. The maximum absolute atomic E-state index is 16.2. The molecule has 3 aromatic carbocycles. The minimum Gasteiger partial charge on any atom is -0.377 e. The van der Waals surface area contributed by atoms with Crippen molar-refractivity contribution in [3.63, 3.8) is 0 Å². The molecule has 0 radical (unpaired) electrons. The highest BCUT2D eigenvalue weighted by molar-refractivity contribution is 5.66. The van der Waals surface area contributed by atoms with Crippen LogP contribution < -0.4 is 15.5 Å². The SMILES string of the molecule is CC[C@@H](C(C)C)n1ncn(-c2ccc(N3CCN(c4ccc(-c5ccc(C(F)(F)C(O)(Cn6cnnn6)c6cccc(F)c6)nc5)cc4)CC3)cc2)c1=O. The molecule has 12 nitrogen and oxygen atoms in total. The van der Waals surface area contributed by atoms with Crippen molar-refractivity contribution in [1.29, 1.82) is 0 Å². The van der Waals surface area contributed by atoms with Gasteiger partial charge in [-0.2, -0.15) is 13.9 Å². The monoisotopic (exact) mass is 738 g/mol. The van der Waals surface area contributed by atoms with E-state index in [-0.39, 0.29) is 17.3 Å². The van der Waals surface area contributed by atoms with Crippen LogP contribution in [0.3, 0.4) is 0 Å². The first-order valence-corrected chi connectivity index (χ1v) is 17.9. The van der Waals surface area contributed by atoms with Crippen LogP contribution in [0, 0.1) is 11.7 Å². The number of benzene rings is 3. The van der Waals surface area contributed by atoms with Gasteiger partial charge in [-0.15, -0.1) is 5.10 Å². The van der Waals surface area contributed by atoms with E-state index in [4.69, 9.17) is 0 Å². The fourth-order valence-electron chi connectivity index (χ4n) is 7.13. The molecule has 4 heterocycles. The summed E-state index contributed by atoms with van der Waals surface area (Å²) in [6.45, 7) is 8.73. The van der Waals surface area contributed by atoms with Crippen molar-refractivity contribution in [2.45, 2.75) is 51.3 Å². The Morgan fingerprint density at radius 3 is 2.02 bits per heavy atom. The van der Waals surface area contributed by atoms with Gasteiger partial charge in [0.05, 0.1) is 18.3 Å². The highest BCUT2D eigenvalue weighted by Gasteiger charge is 2.57. The molecule has 1 saturated heterocycles. The number of anilines is 2. The van der Waals surface area contributed by atoms with E-state index in [9.17, 15) is 14.3 Å². The Hall–Kier alpha value is -5.83. The van der Waals surface area contributed by atoms with E-state index >= 15 is 8.78 Å². The third-order valence-electron chi connectivity index (χ3n) is 10.2. The zero-order valence-electron chi connectivity index (χ0n) is 30.2. The second-order valence-electron chi connectivity index (χ2n) is 13.9. The largest absolute Gasteiger partial charge is 0.377 e. The van der Waals surface area contributed by atoms with E-state index in [1.165, 1.54) is 30.5 Å². The number of nitrogens with zero attached hydrogens (tertiary/aromatic N) is 10. The normalized spacial score (nSPS) is 15.4. The van der Waals surface area contributed by atoms with Crippen LogP contribution in [0.2, 0.25) is 0 Å². The van der Waals surface area contributed by atoms with Crippen molar-refractivity contribution >= 4 is 11.4 Å². The van der Waals surface area contributed by atoms with Crippen molar-refractivity contribution in [2.75, 3.05) is 36.0 Å². The first kappa shape index (κ1) is 36.5. The summed E-state index contributed by atoms with van der Waals surface area (Å²) in [5, 5.41) is 26.4. The maximum atomic E-state index is 16.2. The summed E-state index contributed by atoms with van der Waals surface area (Å²) in [7, 11) is 0. The molecule has 2 atom stereocenters. The molecule has 0 saturated carbocycles. The molecule has 54 heavy (non-hydrogen) atoms. The average Bonchev–Trinajstić information content (AvgIpc) is 3.84. The van der Waals surface area contributed by atoms with Crippen LogP contribution in [0.25, 0.3) is 16.8 Å². The predicted molar refractivity (Wildman–Crippen MR) is 198 cm³/mol. The van der Waals surface area contributed by atoms with Crippen LogP contribution in [-0.2, 0) is 18.1 Å². The Kier molecular flexibility index (Phi) is 10.1. The van der Waals surface area contributed by atoms with Crippen molar-refractivity contribution < 1.29 is 18.3 Å². The summed E-state index contributed by atoms with van der Waals surface area (Å²) in [6, 6.07) is 23.0. The summed E-state index contributed by atoms with van der Waals surface area (Å²) in [6.07, 6.45) is 4.85. The van der Waals surface area contributed by atoms with Crippen LogP contribution in [0.4, 0.5) is 24.5 Å². The van der Waals surface area contributed by atoms with Gasteiger partial charge in [-0.1, -0.05) is 51.1 Å². The maximum Gasteiger partial charge on any atom is 0.350 e. The van der Waals surface area contributed by atoms with Crippen molar-refractivity contribution in [1.82, 2.24) is 39.5 Å². The Morgan fingerprint density at radius 1 is 0.833 bits per heavy atom. The molecule has 1 unspecified atom stereocenters. The number of rotatable bonds is 12. The van der Waals surface area contributed by atoms with E-state index in [1.807, 2.05) is 48.5 Å². The molecule has 0 spiro atoms. The molecule has 1 fully saturated rings. The van der Waals surface area contributed by atoms with Gasteiger partial charge in [0.1, 0.15) is 24.2 Å². The first-order valence-electron chi connectivity index (χ1n) is 17.9. The number of tetrazole rings is 1. The summed E-state index contributed by atoms with van der Waals surface area (Å²) >= 11 is 0. The van der Waals surface area contributed by atoms with E-state index in [2.05, 4.69) is 56.2 Å². The molecule has 0 bridgehead atoms. The van der Waals surface area contributed by atoms with Crippen LogP contribution in [0.15, 0.2) is 109 Å². The zero-order chi connectivity index (χ0) is 38.0. The number of aliphatic hydroxyl groups is 1. The number of pyridine rings is 1.